The molecule has 0 atom stereocenters. The summed E-state index contributed by atoms with van der Waals surface area (Å²) in [5.74, 6) is 7.21. The van der Waals surface area contributed by atoms with Crippen molar-refractivity contribution < 1.29 is 0 Å². The van der Waals surface area contributed by atoms with E-state index >= 15 is 0 Å². The first-order chi connectivity index (χ1) is 8.19. The molecule has 4 nitrogen and oxygen atoms in total. The Morgan fingerprint density at radius 1 is 1.41 bits per heavy atom. The van der Waals surface area contributed by atoms with Gasteiger partial charge in [0.2, 0.25) is 5.96 Å². The average Bonchev–Trinajstić information content (AvgIpc) is 2.81. The predicted molar refractivity (Wildman–Crippen MR) is 73.7 cm³/mol. The summed E-state index contributed by atoms with van der Waals surface area (Å²) in [4.78, 5) is 6.86. The number of nitrogens with zero attached hydrogens (tertiary/aromatic N) is 2. The molecule has 0 spiro atoms. The van der Waals surface area contributed by atoms with Crippen LogP contribution < -0.4 is 11.3 Å². The van der Waals surface area contributed by atoms with Crippen molar-refractivity contribution in [3.05, 3.63) is 0 Å². The summed E-state index contributed by atoms with van der Waals surface area (Å²) >= 11 is 0. The fraction of sp³-hybridized carbons (Fsp3) is 0.923. The average molecular weight is 240 g/mol. The molecule has 1 rings (SSSR count). The molecule has 0 aromatic carbocycles. The molecular weight excluding hydrogens is 212 g/mol. The summed E-state index contributed by atoms with van der Waals surface area (Å²) in [6.07, 6.45) is 6.44. The Hall–Kier alpha value is -0.770. The summed E-state index contributed by atoms with van der Waals surface area (Å²) in [6.45, 7) is 8.42. The van der Waals surface area contributed by atoms with E-state index in [0.717, 1.165) is 25.0 Å². The molecule has 1 aliphatic rings. The molecule has 0 heterocycles. The van der Waals surface area contributed by atoms with Gasteiger partial charge in [-0.1, -0.05) is 26.7 Å². The van der Waals surface area contributed by atoms with Crippen LogP contribution >= 0.6 is 0 Å². The van der Waals surface area contributed by atoms with E-state index in [1.165, 1.54) is 32.1 Å². The lowest BCUT2D eigenvalue weighted by molar-refractivity contribution is 0.286. The second-order valence-electron chi connectivity index (χ2n) is 5.26. The van der Waals surface area contributed by atoms with E-state index in [0.29, 0.717) is 6.04 Å². The van der Waals surface area contributed by atoms with Gasteiger partial charge in [-0.2, -0.15) is 0 Å². The third-order valence-corrected chi connectivity index (χ3v) is 3.42. The van der Waals surface area contributed by atoms with Crippen LogP contribution in [0.3, 0.4) is 0 Å². The van der Waals surface area contributed by atoms with Gasteiger partial charge in [0.1, 0.15) is 0 Å². The lowest BCUT2D eigenvalue weighted by Gasteiger charge is -2.32. The molecule has 0 amide bonds. The summed E-state index contributed by atoms with van der Waals surface area (Å²) in [6, 6.07) is 0.634. The van der Waals surface area contributed by atoms with Gasteiger partial charge in [-0.05, 0) is 32.1 Å². The molecule has 17 heavy (non-hydrogen) atoms. The van der Waals surface area contributed by atoms with Gasteiger partial charge in [-0.15, -0.1) is 0 Å². The predicted octanol–water partition coefficient (Wildman–Crippen LogP) is 2.12. The molecule has 4 heteroatoms. The highest BCUT2D eigenvalue weighted by atomic mass is 15.4. The molecule has 0 aliphatic heterocycles. The summed E-state index contributed by atoms with van der Waals surface area (Å²) in [5.41, 5.74) is 2.78. The molecule has 0 unspecified atom stereocenters. The minimum absolute atomic E-state index is 0.634. The van der Waals surface area contributed by atoms with Crippen molar-refractivity contribution in [2.45, 2.75) is 58.9 Å². The number of aliphatic imine (C=N–C) groups is 1. The van der Waals surface area contributed by atoms with Crippen LogP contribution in [0.4, 0.5) is 0 Å². The van der Waals surface area contributed by atoms with Crippen molar-refractivity contribution >= 4 is 5.96 Å². The molecule has 100 valence electrons. The van der Waals surface area contributed by atoms with Crippen LogP contribution in [0.1, 0.15) is 52.9 Å². The highest BCUT2D eigenvalue weighted by molar-refractivity contribution is 5.79. The van der Waals surface area contributed by atoms with Crippen molar-refractivity contribution in [1.82, 2.24) is 10.3 Å². The van der Waals surface area contributed by atoms with E-state index in [1.54, 1.807) is 0 Å². The van der Waals surface area contributed by atoms with Crippen LogP contribution in [-0.4, -0.2) is 30.0 Å². The van der Waals surface area contributed by atoms with Crippen molar-refractivity contribution in [3.63, 3.8) is 0 Å². The number of hydrogen-bond donors (Lipinski definition) is 2. The molecule has 0 bridgehead atoms. The van der Waals surface area contributed by atoms with Gasteiger partial charge in [-0.25, -0.2) is 5.84 Å². The van der Waals surface area contributed by atoms with Gasteiger partial charge in [0.05, 0.1) is 0 Å². The van der Waals surface area contributed by atoms with E-state index in [2.05, 4.69) is 29.2 Å². The Kier molecular flexibility index (Phi) is 6.34. The van der Waals surface area contributed by atoms with Crippen LogP contribution in [-0.2, 0) is 0 Å². The maximum atomic E-state index is 5.61. The Labute approximate surface area is 106 Å². The minimum atomic E-state index is 0.634. The smallest absolute Gasteiger partial charge is 0.208 e. The summed E-state index contributed by atoms with van der Waals surface area (Å²) < 4.78 is 0. The highest BCUT2D eigenvalue weighted by Gasteiger charge is 2.24. The first kappa shape index (κ1) is 14.3. The zero-order chi connectivity index (χ0) is 12.7. The van der Waals surface area contributed by atoms with Crippen LogP contribution in [0.25, 0.3) is 0 Å². The van der Waals surface area contributed by atoms with Gasteiger partial charge >= 0.3 is 0 Å². The second kappa shape index (κ2) is 7.54. The van der Waals surface area contributed by atoms with Gasteiger partial charge < -0.3 is 4.90 Å². The molecule has 1 aliphatic carbocycles. The van der Waals surface area contributed by atoms with Crippen LogP contribution in [0.5, 0.6) is 0 Å². The lowest BCUT2D eigenvalue weighted by Crippen LogP contribution is -2.49. The summed E-state index contributed by atoms with van der Waals surface area (Å²) in [7, 11) is 0. The first-order valence-corrected chi connectivity index (χ1v) is 6.96. The van der Waals surface area contributed by atoms with Gasteiger partial charge in [0, 0.05) is 19.1 Å². The largest absolute Gasteiger partial charge is 0.339 e. The van der Waals surface area contributed by atoms with Gasteiger partial charge in [0.15, 0.2) is 0 Å². The van der Waals surface area contributed by atoms with Crippen molar-refractivity contribution in [3.8, 4) is 0 Å². The maximum absolute atomic E-state index is 5.61. The lowest BCUT2D eigenvalue weighted by atomic mass is 10.1. The molecule has 0 saturated heterocycles. The quantitative estimate of drug-likeness (QED) is 0.335. The number of rotatable bonds is 5. The van der Waals surface area contributed by atoms with E-state index in [9.17, 15) is 0 Å². The molecular formula is C13H28N4. The Morgan fingerprint density at radius 2 is 2.06 bits per heavy atom. The third-order valence-electron chi connectivity index (χ3n) is 3.42. The number of guanidine groups is 1. The van der Waals surface area contributed by atoms with E-state index in [4.69, 9.17) is 5.84 Å². The molecule has 0 radical (unpaired) electrons. The molecule has 3 N–H and O–H groups in total. The Balaban J connectivity index is 2.65. The van der Waals surface area contributed by atoms with Crippen molar-refractivity contribution in [2.75, 3.05) is 13.1 Å². The first-order valence-electron chi connectivity index (χ1n) is 6.96. The fourth-order valence-corrected chi connectivity index (χ4v) is 2.44. The Bertz CT molecular complexity index is 232. The second-order valence-corrected chi connectivity index (χ2v) is 5.26. The topological polar surface area (TPSA) is 53.6 Å². The van der Waals surface area contributed by atoms with E-state index in [-0.39, 0.29) is 0 Å². The Morgan fingerprint density at radius 3 is 2.53 bits per heavy atom. The van der Waals surface area contributed by atoms with Crippen LogP contribution in [0, 0.1) is 5.92 Å². The number of hydrogen-bond acceptors (Lipinski definition) is 2. The van der Waals surface area contributed by atoms with Crippen LogP contribution in [0.15, 0.2) is 4.99 Å². The van der Waals surface area contributed by atoms with Gasteiger partial charge in [0.25, 0.3) is 0 Å². The zero-order valence-electron chi connectivity index (χ0n) is 11.6. The molecule has 1 saturated carbocycles. The molecule has 0 aromatic rings. The van der Waals surface area contributed by atoms with E-state index < -0.39 is 0 Å². The van der Waals surface area contributed by atoms with Gasteiger partial charge in [-0.3, -0.25) is 10.4 Å². The number of hydrazine groups is 1. The SMILES string of the molecule is CCN=C(NN)N(CCC(C)C)C1CCCC1. The third kappa shape index (κ3) is 4.54. The normalized spacial score (nSPS) is 17.8. The highest BCUT2D eigenvalue weighted by Crippen LogP contribution is 2.24. The number of nitrogens with one attached hydrogen (secondary N) is 1. The fourth-order valence-electron chi connectivity index (χ4n) is 2.44. The molecule has 1 fully saturated rings. The van der Waals surface area contributed by atoms with Crippen molar-refractivity contribution in [2.24, 2.45) is 16.8 Å². The monoisotopic (exact) mass is 240 g/mol. The van der Waals surface area contributed by atoms with E-state index in [1.807, 2.05) is 6.92 Å². The number of nitrogens with two attached hydrogens (primary N) is 1. The van der Waals surface area contributed by atoms with Crippen molar-refractivity contribution in [1.29, 1.82) is 0 Å². The standard InChI is InChI=1S/C13H28N4/c1-4-15-13(16-14)17(10-9-11(2)3)12-7-5-6-8-12/h11-12H,4-10,14H2,1-3H3,(H,15,16). The molecule has 0 aromatic heterocycles. The summed E-state index contributed by atoms with van der Waals surface area (Å²) in [5, 5.41) is 0. The zero-order valence-corrected chi connectivity index (χ0v) is 11.6. The minimum Gasteiger partial charge on any atom is -0.339 e. The maximum Gasteiger partial charge on any atom is 0.208 e. The van der Waals surface area contributed by atoms with Crippen LogP contribution in [0.2, 0.25) is 0 Å².